The van der Waals surface area contributed by atoms with Gasteiger partial charge < -0.3 is 4.74 Å². The lowest BCUT2D eigenvalue weighted by Gasteiger charge is -2.32. The SMILES string of the molecule is CC1CCC(OCC2(CC#N)CC2)CC1C. The minimum absolute atomic E-state index is 0.251. The molecule has 2 nitrogen and oxygen atoms in total. The van der Waals surface area contributed by atoms with E-state index in [-0.39, 0.29) is 5.41 Å². The van der Waals surface area contributed by atoms with Gasteiger partial charge in [0, 0.05) is 11.8 Å². The second-order valence-corrected chi connectivity index (χ2v) is 6.04. The molecule has 2 saturated carbocycles. The summed E-state index contributed by atoms with van der Waals surface area (Å²) in [7, 11) is 0. The molecule has 2 aliphatic rings. The molecular weight excluding hydrogens is 198 g/mol. The van der Waals surface area contributed by atoms with Gasteiger partial charge in [-0.25, -0.2) is 0 Å². The fraction of sp³-hybridized carbons (Fsp3) is 0.929. The Morgan fingerprint density at radius 2 is 2.00 bits per heavy atom. The first kappa shape index (κ1) is 11.9. The highest BCUT2D eigenvalue weighted by Crippen LogP contribution is 2.49. The van der Waals surface area contributed by atoms with Crippen LogP contribution in [0.2, 0.25) is 0 Å². The van der Waals surface area contributed by atoms with E-state index in [1.807, 2.05) is 0 Å². The first-order chi connectivity index (χ1) is 7.65. The van der Waals surface area contributed by atoms with Gasteiger partial charge in [0.05, 0.1) is 18.8 Å². The van der Waals surface area contributed by atoms with Crippen molar-refractivity contribution >= 4 is 0 Å². The minimum atomic E-state index is 0.251. The molecule has 3 unspecified atom stereocenters. The molecule has 0 bridgehead atoms. The Bertz CT molecular complexity index is 277. The Morgan fingerprint density at radius 1 is 1.25 bits per heavy atom. The molecule has 2 fully saturated rings. The molecule has 16 heavy (non-hydrogen) atoms. The topological polar surface area (TPSA) is 33.0 Å². The van der Waals surface area contributed by atoms with Crippen molar-refractivity contribution in [3.63, 3.8) is 0 Å². The average molecular weight is 221 g/mol. The maximum Gasteiger partial charge on any atom is 0.0628 e. The summed E-state index contributed by atoms with van der Waals surface area (Å²) in [6.45, 7) is 5.51. The summed E-state index contributed by atoms with van der Waals surface area (Å²) in [6.07, 6.45) is 7.27. The molecule has 0 saturated heterocycles. The largest absolute Gasteiger partial charge is 0.378 e. The van der Waals surface area contributed by atoms with Gasteiger partial charge in [-0.05, 0) is 43.9 Å². The molecule has 0 aromatic carbocycles. The van der Waals surface area contributed by atoms with E-state index >= 15 is 0 Å². The van der Waals surface area contributed by atoms with Crippen LogP contribution in [-0.2, 0) is 4.74 Å². The summed E-state index contributed by atoms with van der Waals surface area (Å²) in [5.41, 5.74) is 0.251. The van der Waals surface area contributed by atoms with Crippen LogP contribution in [0.3, 0.4) is 0 Å². The number of hydrogen-bond donors (Lipinski definition) is 0. The summed E-state index contributed by atoms with van der Waals surface area (Å²) >= 11 is 0. The normalized spacial score (nSPS) is 36.7. The van der Waals surface area contributed by atoms with Crippen LogP contribution < -0.4 is 0 Å². The summed E-state index contributed by atoms with van der Waals surface area (Å²) in [4.78, 5) is 0. The first-order valence-corrected chi connectivity index (χ1v) is 6.64. The third-order valence-electron chi connectivity index (χ3n) is 4.59. The number of hydrogen-bond acceptors (Lipinski definition) is 2. The lowest BCUT2D eigenvalue weighted by atomic mass is 9.80. The Balaban J connectivity index is 1.73. The second-order valence-electron chi connectivity index (χ2n) is 6.04. The zero-order chi connectivity index (χ0) is 11.6. The van der Waals surface area contributed by atoms with Gasteiger partial charge in [-0.1, -0.05) is 13.8 Å². The Hall–Kier alpha value is -0.550. The van der Waals surface area contributed by atoms with Crippen molar-refractivity contribution in [2.75, 3.05) is 6.61 Å². The predicted octanol–water partition coefficient (Wildman–Crippen LogP) is 3.52. The molecule has 0 aromatic heterocycles. The van der Waals surface area contributed by atoms with Crippen molar-refractivity contribution in [1.82, 2.24) is 0 Å². The number of nitriles is 1. The standard InChI is InChI=1S/C14H23NO/c1-11-3-4-13(9-12(11)2)16-10-14(5-6-14)7-8-15/h11-13H,3-7,9-10H2,1-2H3. The van der Waals surface area contributed by atoms with Crippen LogP contribution in [0.4, 0.5) is 0 Å². The smallest absolute Gasteiger partial charge is 0.0628 e. The third-order valence-corrected chi connectivity index (χ3v) is 4.59. The van der Waals surface area contributed by atoms with Crippen molar-refractivity contribution in [3.8, 4) is 6.07 Å². The van der Waals surface area contributed by atoms with Gasteiger partial charge >= 0.3 is 0 Å². The highest BCUT2D eigenvalue weighted by atomic mass is 16.5. The fourth-order valence-corrected chi connectivity index (χ4v) is 2.66. The van der Waals surface area contributed by atoms with Crippen LogP contribution in [0.5, 0.6) is 0 Å². The zero-order valence-corrected chi connectivity index (χ0v) is 10.5. The molecule has 0 aliphatic heterocycles. The lowest BCUT2D eigenvalue weighted by molar-refractivity contribution is -0.0183. The highest BCUT2D eigenvalue weighted by Gasteiger charge is 2.43. The molecule has 2 aliphatic carbocycles. The molecule has 90 valence electrons. The van der Waals surface area contributed by atoms with E-state index in [2.05, 4.69) is 19.9 Å². The quantitative estimate of drug-likeness (QED) is 0.727. The lowest BCUT2D eigenvalue weighted by Crippen LogP contribution is -2.28. The van der Waals surface area contributed by atoms with Crippen molar-refractivity contribution in [2.24, 2.45) is 17.3 Å². The molecule has 2 rings (SSSR count). The third kappa shape index (κ3) is 2.77. The Kier molecular flexibility index (Phi) is 3.54. The van der Waals surface area contributed by atoms with Crippen LogP contribution in [-0.4, -0.2) is 12.7 Å². The predicted molar refractivity (Wildman–Crippen MR) is 63.8 cm³/mol. The van der Waals surface area contributed by atoms with Crippen molar-refractivity contribution in [1.29, 1.82) is 5.26 Å². The Morgan fingerprint density at radius 3 is 2.56 bits per heavy atom. The molecule has 0 N–H and O–H groups in total. The van der Waals surface area contributed by atoms with Crippen molar-refractivity contribution in [2.45, 2.75) is 58.5 Å². The molecule has 2 heteroatoms. The molecule has 0 radical (unpaired) electrons. The summed E-state index contributed by atoms with van der Waals surface area (Å²) in [5.74, 6) is 1.65. The second kappa shape index (κ2) is 4.75. The Labute approximate surface area is 99.0 Å². The summed E-state index contributed by atoms with van der Waals surface area (Å²) < 4.78 is 6.03. The summed E-state index contributed by atoms with van der Waals surface area (Å²) in [5, 5.41) is 8.75. The van der Waals surface area contributed by atoms with Gasteiger partial charge in [-0.3, -0.25) is 0 Å². The van der Waals surface area contributed by atoms with E-state index in [4.69, 9.17) is 10.00 Å². The van der Waals surface area contributed by atoms with Gasteiger partial charge in [0.25, 0.3) is 0 Å². The minimum Gasteiger partial charge on any atom is -0.378 e. The first-order valence-electron chi connectivity index (χ1n) is 6.64. The zero-order valence-electron chi connectivity index (χ0n) is 10.5. The van der Waals surface area contributed by atoms with E-state index in [0.29, 0.717) is 12.5 Å². The maximum atomic E-state index is 8.75. The van der Waals surface area contributed by atoms with E-state index in [1.165, 1.54) is 32.1 Å². The van der Waals surface area contributed by atoms with Gasteiger partial charge in [-0.2, -0.15) is 5.26 Å². The van der Waals surface area contributed by atoms with Crippen LogP contribution in [0.15, 0.2) is 0 Å². The van der Waals surface area contributed by atoms with Crippen LogP contribution in [0.1, 0.15) is 52.4 Å². The number of nitrogens with zero attached hydrogens (tertiary/aromatic N) is 1. The number of rotatable bonds is 4. The van der Waals surface area contributed by atoms with Gasteiger partial charge in [0.15, 0.2) is 0 Å². The van der Waals surface area contributed by atoms with Crippen molar-refractivity contribution in [3.05, 3.63) is 0 Å². The van der Waals surface area contributed by atoms with Crippen LogP contribution in [0.25, 0.3) is 0 Å². The monoisotopic (exact) mass is 221 g/mol. The maximum absolute atomic E-state index is 8.75. The highest BCUT2D eigenvalue weighted by molar-refractivity contribution is 4.99. The molecule has 3 atom stereocenters. The van der Waals surface area contributed by atoms with E-state index < -0.39 is 0 Å². The molecular formula is C14H23NO. The average Bonchev–Trinajstić information content (AvgIpc) is 3.01. The van der Waals surface area contributed by atoms with Crippen LogP contribution in [0, 0.1) is 28.6 Å². The van der Waals surface area contributed by atoms with E-state index in [0.717, 1.165) is 18.4 Å². The number of ether oxygens (including phenoxy) is 1. The molecule has 0 spiro atoms. The molecule has 0 amide bonds. The molecule has 0 heterocycles. The van der Waals surface area contributed by atoms with Crippen molar-refractivity contribution < 1.29 is 4.74 Å². The summed E-state index contributed by atoms with van der Waals surface area (Å²) in [6, 6.07) is 2.29. The van der Waals surface area contributed by atoms with Gasteiger partial charge in [-0.15, -0.1) is 0 Å². The van der Waals surface area contributed by atoms with E-state index in [1.54, 1.807) is 0 Å². The molecule has 0 aromatic rings. The van der Waals surface area contributed by atoms with E-state index in [9.17, 15) is 0 Å². The van der Waals surface area contributed by atoms with Gasteiger partial charge in [0.1, 0.15) is 0 Å². The van der Waals surface area contributed by atoms with Crippen LogP contribution >= 0.6 is 0 Å². The fourth-order valence-electron chi connectivity index (χ4n) is 2.66. The van der Waals surface area contributed by atoms with Gasteiger partial charge in [0.2, 0.25) is 0 Å².